The highest BCUT2D eigenvalue weighted by molar-refractivity contribution is 7.22. The Morgan fingerprint density at radius 2 is 2.17 bits per heavy atom. The van der Waals surface area contributed by atoms with Crippen molar-refractivity contribution in [1.82, 2.24) is 15.0 Å². The summed E-state index contributed by atoms with van der Waals surface area (Å²) >= 11 is 6.86. The molecule has 3 heterocycles. The molecule has 2 aromatic heterocycles. The molecule has 7 nitrogen and oxygen atoms in total. The molecule has 2 aromatic carbocycles. The van der Waals surface area contributed by atoms with Crippen molar-refractivity contribution >= 4 is 49.6 Å². The summed E-state index contributed by atoms with van der Waals surface area (Å²) in [5.41, 5.74) is 4.67. The monoisotopic (exact) mass is 441 g/mol. The van der Waals surface area contributed by atoms with Gasteiger partial charge in [-0.15, -0.1) is 11.3 Å². The molecule has 0 N–H and O–H groups in total. The van der Waals surface area contributed by atoms with Gasteiger partial charge in [-0.05, 0) is 36.8 Å². The zero-order chi connectivity index (χ0) is 20.8. The lowest BCUT2D eigenvalue weighted by Crippen LogP contribution is -2.21. The van der Waals surface area contributed by atoms with Crippen LogP contribution in [0.3, 0.4) is 0 Å². The number of benzene rings is 2. The molecule has 0 fully saturated rings. The number of ether oxygens (including phenoxy) is 3. The molecule has 30 heavy (non-hydrogen) atoms. The average molecular weight is 442 g/mol. The summed E-state index contributed by atoms with van der Waals surface area (Å²) in [7, 11) is 1.57. The smallest absolute Gasteiger partial charge is 0.403 e. The molecule has 0 spiro atoms. The third-order valence-electron chi connectivity index (χ3n) is 4.93. The van der Waals surface area contributed by atoms with E-state index in [9.17, 15) is 4.79 Å². The van der Waals surface area contributed by atoms with Gasteiger partial charge in [0.25, 0.3) is 0 Å². The summed E-state index contributed by atoms with van der Waals surface area (Å²) in [6.45, 7) is 2.13. The topological polar surface area (TPSA) is 83.4 Å². The van der Waals surface area contributed by atoms with Crippen LogP contribution in [0.4, 0.5) is 4.79 Å². The minimum Gasteiger partial charge on any atom is -0.486 e. The fraction of sp³-hybridized carbons (Fsp3) is 0.238. The van der Waals surface area contributed by atoms with Crippen molar-refractivity contribution in [2.75, 3.05) is 13.7 Å². The zero-order valence-corrected chi connectivity index (χ0v) is 17.7. The fourth-order valence-electron chi connectivity index (χ4n) is 3.66. The Hall–Kier alpha value is -2.97. The summed E-state index contributed by atoms with van der Waals surface area (Å²) in [6, 6.07) is 7.90. The number of rotatable bonds is 4. The maximum atomic E-state index is 10.9. The maximum Gasteiger partial charge on any atom is 0.403 e. The second-order valence-electron chi connectivity index (χ2n) is 6.99. The largest absolute Gasteiger partial charge is 0.486 e. The normalized spacial score (nSPS) is 15.2. The lowest BCUT2D eigenvalue weighted by Gasteiger charge is -2.08. The molecule has 1 aliphatic heterocycles. The summed E-state index contributed by atoms with van der Waals surface area (Å²) in [4.78, 5) is 24.8. The second-order valence-corrected chi connectivity index (χ2v) is 8.30. The van der Waals surface area contributed by atoms with Crippen molar-refractivity contribution < 1.29 is 19.0 Å². The molecule has 0 radical (unpaired) electrons. The lowest BCUT2D eigenvalue weighted by atomic mass is 10.1. The number of thiazole rings is 1. The highest BCUT2D eigenvalue weighted by Crippen LogP contribution is 2.41. The summed E-state index contributed by atoms with van der Waals surface area (Å²) in [5, 5.41) is 0.863. The number of fused-ring (bicyclic) bond motifs is 4. The van der Waals surface area contributed by atoms with Gasteiger partial charge < -0.3 is 14.2 Å². The quantitative estimate of drug-likeness (QED) is 0.416. The third-order valence-corrected chi connectivity index (χ3v) is 6.21. The maximum absolute atomic E-state index is 10.9. The molecule has 5 rings (SSSR count). The van der Waals surface area contributed by atoms with Crippen molar-refractivity contribution in [3.8, 4) is 22.2 Å². The van der Waals surface area contributed by atoms with Crippen molar-refractivity contribution in [3.05, 3.63) is 41.6 Å². The number of aromatic nitrogens is 3. The van der Waals surface area contributed by atoms with Crippen molar-refractivity contribution in [1.29, 1.82) is 0 Å². The van der Waals surface area contributed by atoms with Gasteiger partial charge in [0.15, 0.2) is 0 Å². The molecule has 0 saturated carbocycles. The van der Waals surface area contributed by atoms with E-state index in [0.29, 0.717) is 12.3 Å². The summed E-state index contributed by atoms with van der Waals surface area (Å²) < 4.78 is 17.1. The van der Waals surface area contributed by atoms with Crippen molar-refractivity contribution in [2.45, 2.75) is 19.4 Å². The molecule has 4 aromatic rings. The highest BCUT2D eigenvalue weighted by Gasteiger charge is 2.27. The first-order valence-corrected chi connectivity index (χ1v) is 10.4. The van der Waals surface area contributed by atoms with Gasteiger partial charge in [-0.25, -0.2) is 19.7 Å². The summed E-state index contributed by atoms with van der Waals surface area (Å²) in [5.74, 6) is 1.26. The van der Waals surface area contributed by atoms with Gasteiger partial charge in [-0.2, -0.15) is 0 Å². The second kappa shape index (κ2) is 7.37. The number of methoxy groups -OCH3 is 1. The van der Waals surface area contributed by atoms with Gasteiger partial charge in [-0.3, -0.25) is 0 Å². The minimum atomic E-state index is -0.830. The molecule has 0 bridgehead atoms. The predicted molar refractivity (Wildman–Crippen MR) is 115 cm³/mol. The molecule has 1 aliphatic rings. The zero-order valence-electron chi connectivity index (χ0n) is 16.1. The van der Waals surface area contributed by atoms with Crippen LogP contribution in [-0.2, 0) is 11.2 Å². The van der Waals surface area contributed by atoms with E-state index < -0.39 is 5.43 Å². The Labute approximate surface area is 180 Å². The van der Waals surface area contributed by atoms with E-state index in [1.165, 1.54) is 0 Å². The number of halogens is 1. The number of aryl methyl sites for hydroxylation is 1. The Balaban J connectivity index is 1.58. The van der Waals surface area contributed by atoms with E-state index in [2.05, 4.69) is 16.0 Å². The highest BCUT2D eigenvalue weighted by atomic mass is 35.5. The van der Waals surface area contributed by atoms with Gasteiger partial charge >= 0.3 is 5.43 Å². The van der Waals surface area contributed by atoms with Gasteiger partial charge in [-0.1, -0.05) is 0 Å². The molecule has 152 valence electrons. The van der Waals surface area contributed by atoms with E-state index in [1.54, 1.807) is 24.6 Å². The van der Waals surface area contributed by atoms with Gasteiger partial charge in [0.1, 0.15) is 23.5 Å². The average Bonchev–Trinajstić information content (AvgIpc) is 3.34. The Morgan fingerprint density at radius 3 is 2.97 bits per heavy atom. The van der Waals surface area contributed by atoms with E-state index >= 15 is 0 Å². The molecule has 9 heteroatoms. The molecule has 0 aliphatic carbocycles. The van der Waals surface area contributed by atoms with E-state index in [4.69, 9.17) is 30.8 Å². The number of carbonyl (C=O) groups is 1. The number of hydrogen-bond acceptors (Lipinski definition) is 8. The van der Waals surface area contributed by atoms with Crippen LogP contribution in [0.5, 0.6) is 11.6 Å². The molecular weight excluding hydrogens is 426 g/mol. The first-order valence-electron chi connectivity index (χ1n) is 9.25. The van der Waals surface area contributed by atoms with Crippen LogP contribution in [0.2, 0.25) is 0 Å². The van der Waals surface area contributed by atoms with Crippen LogP contribution < -0.4 is 9.47 Å². The Bertz CT molecular complexity index is 1310. The van der Waals surface area contributed by atoms with Crippen LogP contribution in [0, 0.1) is 6.92 Å². The predicted octanol–water partition coefficient (Wildman–Crippen LogP) is 4.90. The molecule has 0 amide bonds. The molecule has 0 unspecified atom stereocenters. The van der Waals surface area contributed by atoms with Gasteiger partial charge in [0.2, 0.25) is 5.88 Å². The third kappa shape index (κ3) is 3.32. The van der Waals surface area contributed by atoms with Gasteiger partial charge in [0, 0.05) is 29.1 Å². The fourth-order valence-corrected chi connectivity index (χ4v) is 4.85. The number of carbonyl (C=O) groups excluding carboxylic acids is 1. The Kier molecular flexibility index (Phi) is 4.67. The first-order chi connectivity index (χ1) is 14.5. The van der Waals surface area contributed by atoms with Crippen LogP contribution in [0.15, 0.2) is 30.5 Å². The first kappa shape index (κ1) is 19.0. The van der Waals surface area contributed by atoms with E-state index in [1.807, 2.05) is 25.1 Å². The van der Waals surface area contributed by atoms with Crippen LogP contribution in [-0.4, -0.2) is 40.2 Å². The molecule has 0 saturated heterocycles. The minimum absolute atomic E-state index is 0.115. The van der Waals surface area contributed by atoms with Crippen LogP contribution in [0.1, 0.15) is 11.1 Å². The van der Waals surface area contributed by atoms with Crippen LogP contribution in [0.25, 0.3) is 31.8 Å². The van der Waals surface area contributed by atoms with E-state index in [-0.39, 0.29) is 12.7 Å². The van der Waals surface area contributed by atoms with Crippen molar-refractivity contribution in [2.24, 2.45) is 0 Å². The van der Waals surface area contributed by atoms with Gasteiger partial charge in [0.05, 0.1) is 34.6 Å². The number of nitrogens with zero attached hydrogens (tertiary/aromatic N) is 3. The standard InChI is InChI=1S/C21H16ClN3O4S/c1-10-5-13(18-15(6-10)24-17(27-2)8-23-18)20-25-14-3-4-16-12(19(14)30-20)7-11(29-16)9-28-21(22)26/h3-6,8,11H,7,9H2,1-2H3/t11-/m1/s1. The Morgan fingerprint density at radius 1 is 1.30 bits per heavy atom. The lowest BCUT2D eigenvalue weighted by molar-refractivity contribution is 0.109. The van der Waals surface area contributed by atoms with Crippen molar-refractivity contribution in [3.63, 3.8) is 0 Å². The molecular formula is C21H16ClN3O4S. The number of hydrogen-bond donors (Lipinski definition) is 0. The van der Waals surface area contributed by atoms with Crippen LogP contribution >= 0.6 is 22.9 Å². The van der Waals surface area contributed by atoms with E-state index in [0.717, 1.165) is 48.7 Å². The molecule has 1 atom stereocenters. The SMILES string of the molecule is COc1cnc2c(-c3nc4ccc5c(c4s3)C[C@H](COC(=O)Cl)O5)cc(C)cc2n1. The summed E-state index contributed by atoms with van der Waals surface area (Å²) in [6.07, 6.45) is 1.99.